The number of benzene rings is 1. The third-order valence-electron chi connectivity index (χ3n) is 12.4. The smallest absolute Gasteiger partial charge is 0.453 e. The van der Waals surface area contributed by atoms with E-state index in [0.29, 0.717) is 37.6 Å². The van der Waals surface area contributed by atoms with Crippen molar-refractivity contribution in [2.45, 2.75) is 146 Å². The molecule has 1 saturated heterocycles. The molecule has 1 heterocycles. The van der Waals surface area contributed by atoms with Crippen LogP contribution < -0.4 is 0 Å². The Balaban J connectivity index is 1.12. The topological polar surface area (TPSA) is 43.7 Å². The maximum atomic E-state index is 16.1. The van der Waals surface area contributed by atoms with Crippen molar-refractivity contribution in [3.05, 3.63) is 29.3 Å². The average molecular weight is 632 g/mol. The number of aliphatic hydroxyl groups is 1. The highest BCUT2D eigenvalue weighted by Gasteiger charge is 2.63. The van der Waals surface area contributed by atoms with E-state index in [-0.39, 0.29) is 29.9 Å². The fourth-order valence-corrected chi connectivity index (χ4v) is 9.74. The predicted molar refractivity (Wildman–Crippen MR) is 160 cm³/mol. The molecular weight excluding hydrogens is 580 g/mol. The highest BCUT2D eigenvalue weighted by Crippen LogP contribution is 2.66. The van der Waals surface area contributed by atoms with E-state index in [1.54, 1.807) is 6.07 Å². The Morgan fingerprint density at radius 3 is 2.43 bits per heavy atom. The Morgan fingerprint density at radius 2 is 1.68 bits per heavy atom. The first kappa shape index (κ1) is 33.9. The Morgan fingerprint density at radius 1 is 0.955 bits per heavy atom. The van der Waals surface area contributed by atoms with E-state index in [9.17, 15) is 32.2 Å². The predicted octanol–water partition coefficient (Wildman–Crippen LogP) is 9.35. The molecule has 3 nitrogen and oxygen atoms in total. The monoisotopic (exact) mass is 631 g/mol. The number of phenols is 1. The number of fused-ring (bicyclic) bond motifs is 5. The van der Waals surface area contributed by atoms with E-state index < -0.39 is 35.7 Å². The number of unbranched alkanes of at least 4 members (excludes halogenated alkanes) is 4. The molecule has 1 unspecified atom stereocenters. The van der Waals surface area contributed by atoms with E-state index in [0.717, 1.165) is 82.0 Å². The van der Waals surface area contributed by atoms with Crippen molar-refractivity contribution in [3.63, 3.8) is 0 Å². The van der Waals surface area contributed by atoms with Gasteiger partial charge in [0.2, 0.25) is 0 Å². The standard InChI is InChI=1S/C35H51F6NO2/c1-32-22-29(36)31-27-14-13-26(43)21-24(27)20-23(30(31)28(32)15-17-33(32,2)44)10-5-4-8-18-42-19-9-12-25(42)11-6-3-7-16-34(37,38)35(39,40)41/h13-14,21,23,25,28-31,43-44H,3-12,15-20,22H2,1-2H3/t23?,25-,28+,29+,30+,31+,32+,33+/m1/s1. The number of hydrogen-bond donors (Lipinski definition) is 2. The lowest BCUT2D eigenvalue weighted by Gasteiger charge is -2.56. The molecule has 4 aliphatic rings. The molecule has 3 aliphatic carbocycles. The summed E-state index contributed by atoms with van der Waals surface area (Å²) in [5.41, 5.74) is 0.797. The van der Waals surface area contributed by atoms with Gasteiger partial charge in [-0.1, -0.05) is 38.7 Å². The van der Waals surface area contributed by atoms with E-state index >= 15 is 4.39 Å². The van der Waals surface area contributed by atoms with Crippen molar-refractivity contribution < 1.29 is 36.6 Å². The van der Waals surface area contributed by atoms with Crippen molar-refractivity contribution in [1.29, 1.82) is 0 Å². The van der Waals surface area contributed by atoms with Gasteiger partial charge >= 0.3 is 12.1 Å². The number of likely N-dealkylation sites (tertiary alicyclic amines) is 1. The number of rotatable bonds is 12. The summed E-state index contributed by atoms with van der Waals surface area (Å²) in [6.07, 6.45) is 3.21. The molecule has 0 amide bonds. The van der Waals surface area contributed by atoms with Gasteiger partial charge < -0.3 is 15.1 Å². The fourth-order valence-electron chi connectivity index (χ4n) is 9.74. The number of nitrogens with zero attached hydrogens (tertiary/aromatic N) is 1. The molecular formula is C35H51F6NO2. The van der Waals surface area contributed by atoms with Gasteiger partial charge in [0.05, 0.1) is 5.60 Å². The van der Waals surface area contributed by atoms with Crippen molar-refractivity contribution in [2.24, 2.45) is 23.2 Å². The molecule has 1 aromatic rings. The van der Waals surface area contributed by atoms with E-state index in [4.69, 9.17) is 0 Å². The van der Waals surface area contributed by atoms with Gasteiger partial charge in [0.15, 0.2) is 0 Å². The molecule has 9 heteroatoms. The van der Waals surface area contributed by atoms with E-state index in [2.05, 4.69) is 11.8 Å². The summed E-state index contributed by atoms with van der Waals surface area (Å²) in [6, 6.07) is 5.79. The largest absolute Gasteiger partial charge is 0.508 e. The Bertz CT molecular complexity index is 1120. The third kappa shape index (κ3) is 6.65. The number of alkyl halides is 6. The van der Waals surface area contributed by atoms with Crippen LogP contribution in [0.25, 0.3) is 0 Å². The zero-order valence-electron chi connectivity index (χ0n) is 26.3. The quantitative estimate of drug-likeness (QED) is 0.179. The molecule has 1 aromatic carbocycles. The van der Waals surface area contributed by atoms with Crippen LogP contribution in [-0.2, 0) is 6.42 Å². The molecule has 44 heavy (non-hydrogen) atoms. The van der Waals surface area contributed by atoms with Crippen molar-refractivity contribution in [2.75, 3.05) is 13.1 Å². The zero-order chi connectivity index (χ0) is 31.9. The summed E-state index contributed by atoms with van der Waals surface area (Å²) >= 11 is 0. The molecule has 8 atom stereocenters. The second-order valence-electron chi connectivity index (χ2n) is 15.0. The molecule has 0 aromatic heterocycles. The molecule has 2 saturated carbocycles. The minimum atomic E-state index is -5.47. The third-order valence-corrected chi connectivity index (χ3v) is 12.4. The Labute approximate surface area is 258 Å². The molecule has 0 bridgehead atoms. The number of hydrogen-bond acceptors (Lipinski definition) is 3. The van der Waals surface area contributed by atoms with Gasteiger partial charge in [-0.05, 0) is 125 Å². The Hall–Kier alpha value is -1.48. The number of halogens is 6. The molecule has 2 N–H and O–H groups in total. The minimum Gasteiger partial charge on any atom is -0.508 e. The lowest BCUT2D eigenvalue weighted by molar-refractivity contribution is -0.284. The fraction of sp³-hybridized carbons (Fsp3) is 0.829. The summed E-state index contributed by atoms with van der Waals surface area (Å²) in [7, 11) is 0. The molecule has 0 radical (unpaired) electrons. The molecule has 1 aliphatic heterocycles. The summed E-state index contributed by atoms with van der Waals surface area (Å²) in [5, 5.41) is 21.5. The first-order chi connectivity index (χ1) is 20.6. The van der Waals surface area contributed by atoms with Gasteiger partial charge in [-0.2, -0.15) is 22.0 Å². The Kier molecular flexibility index (Phi) is 9.98. The number of aromatic hydroxyl groups is 1. The van der Waals surface area contributed by atoms with Crippen LogP contribution in [-0.4, -0.2) is 58.1 Å². The van der Waals surface area contributed by atoms with Crippen LogP contribution in [0.4, 0.5) is 26.3 Å². The van der Waals surface area contributed by atoms with Crippen LogP contribution in [0.15, 0.2) is 18.2 Å². The lowest BCUT2D eigenvalue weighted by atomic mass is 9.50. The second kappa shape index (κ2) is 13.0. The van der Waals surface area contributed by atoms with Crippen LogP contribution in [0, 0.1) is 23.2 Å². The molecule has 3 fully saturated rings. The first-order valence-electron chi connectivity index (χ1n) is 17.0. The van der Waals surface area contributed by atoms with E-state index in [1.807, 2.05) is 19.1 Å². The van der Waals surface area contributed by atoms with Crippen LogP contribution in [0.3, 0.4) is 0 Å². The first-order valence-corrected chi connectivity index (χ1v) is 17.0. The molecule has 0 spiro atoms. The highest BCUT2D eigenvalue weighted by molar-refractivity contribution is 5.41. The number of phenolic OH excluding ortho intramolecular Hbond substituents is 1. The van der Waals surface area contributed by atoms with Gasteiger partial charge in [-0.3, -0.25) is 0 Å². The van der Waals surface area contributed by atoms with Gasteiger partial charge in [0.1, 0.15) is 11.9 Å². The van der Waals surface area contributed by atoms with Crippen LogP contribution in [0.5, 0.6) is 5.75 Å². The average Bonchev–Trinajstić information content (AvgIpc) is 3.47. The van der Waals surface area contributed by atoms with Crippen LogP contribution in [0.2, 0.25) is 0 Å². The van der Waals surface area contributed by atoms with Crippen LogP contribution in [0.1, 0.15) is 121 Å². The van der Waals surface area contributed by atoms with E-state index in [1.165, 1.54) is 0 Å². The second-order valence-corrected chi connectivity index (χ2v) is 15.0. The molecule has 5 rings (SSSR count). The van der Waals surface area contributed by atoms with Gasteiger partial charge in [0, 0.05) is 23.8 Å². The molecule has 250 valence electrons. The van der Waals surface area contributed by atoms with Gasteiger partial charge in [-0.15, -0.1) is 0 Å². The van der Waals surface area contributed by atoms with Crippen molar-refractivity contribution in [3.8, 4) is 5.75 Å². The van der Waals surface area contributed by atoms with Gasteiger partial charge in [0.25, 0.3) is 0 Å². The SMILES string of the molecule is C[C@]1(O)CC[C@H]2[C@@H]3C(CCCCCN4CCC[C@H]4CCCCCC(F)(F)C(F)(F)F)Cc4cc(O)ccc4[C@H]3[C@@H](F)C[C@@]21C. The van der Waals surface area contributed by atoms with Crippen molar-refractivity contribution >= 4 is 0 Å². The maximum Gasteiger partial charge on any atom is 0.453 e. The summed E-state index contributed by atoms with van der Waals surface area (Å²) in [6.45, 7) is 5.95. The highest BCUT2D eigenvalue weighted by atomic mass is 19.4. The summed E-state index contributed by atoms with van der Waals surface area (Å²) < 4.78 is 79.6. The zero-order valence-corrected chi connectivity index (χ0v) is 26.3. The summed E-state index contributed by atoms with van der Waals surface area (Å²) in [5.74, 6) is -3.83. The maximum absolute atomic E-state index is 16.1. The van der Waals surface area contributed by atoms with Crippen LogP contribution >= 0.6 is 0 Å². The normalized spacial score (nSPS) is 35.8. The van der Waals surface area contributed by atoms with Gasteiger partial charge in [-0.25, -0.2) is 4.39 Å². The van der Waals surface area contributed by atoms with Crippen molar-refractivity contribution in [1.82, 2.24) is 4.90 Å². The summed E-state index contributed by atoms with van der Waals surface area (Å²) in [4.78, 5) is 2.46. The lowest BCUT2D eigenvalue weighted by Crippen LogP contribution is -2.54. The minimum absolute atomic E-state index is 0.118.